The van der Waals surface area contributed by atoms with E-state index in [1.165, 1.54) is 6.92 Å². The Morgan fingerprint density at radius 1 is 1.21 bits per heavy atom. The van der Waals surface area contributed by atoms with Crippen molar-refractivity contribution in [1.29, 1.82) is 0 Å². The molecule has 29 heavy (non-hydrogen) atoms. The summed E-state index contributed by atoms with van der Waals surface area (Å²) < 4.78 is 23.9. The summed E-state index contributed by atoms with van der Waals surface area (Å²) >= 11 is 0. The number of ether oxygens (including phenoxy) is 4. The maximum Gasteiger partial charge on any atom is 0.412 e. The van der Waals surface area contributed by atoms with Gasteiger partial charge in [0.2, 0.25) is 0 Å². The number of ketones is 1. The molecule has 2 aromatic rings. The van der Waals surface area contributed by atoms with Crippen molar-refractivity contribution in [1.82, 2.24) is 15.0 Å². The molecule has 10 nitrogen and oxygen atoms in total. The molecule has 2 saturated heterocycles. The standard InChI is InChI=1S/C19H22N4O6/c1-11(24)12-3-5-13(6-4-12)20-19(25)29-16-10-28-17-15(9-27-18(16)17)23-7-14(8-26-2)21-22-23/h3-7,15-18H,8-10H2,1-2H3,(H,20,25). The summed E-state index contributed by atoms with van der Waals surface area (Å²) in [5.74, 6) is -0.0390. The molecule has 0 bridgehead atoms. The zero-order valence-corrected chi connectivity index (χ0v) is 16.1. The van der Waals surface area contributed by atoms with E-state index < -0.39 is 12.2 Å². The number of Topliss-reactive ketones (excluding diaryl/α,β-unsaturated/α-hetero) is 1. The first-order valence-corrected chi connectivity index (χ1v) is 9.26. The fourth-order valence-corrected chi connectivity index (χ4v) is 3.53. The van der Waals surface area contributed by atoms with Gasteiger partial charge in [-0.15, -0.1) is 5.10 Å². The van der Waals surface area contributed by atoms with Crippen LogP contribution in [0.3, 0.4) is 0 Å². The molecule has 2 fully saturated rings. The molecule has 4 unspecified atom stereocenters. The molecule has 0 spiro atoms. The van der Waals surface area contributed by atoms with Crippen LogP contribution in [0.2, 0.25) is 0 Å². The summed E-state index contributed by atoms with van der Waals surface area (Å²) in [4.78, 5) is 23.6. The van der Waals surface area contributed by atoms with Crippen molar-refractivity contribution in [2.45, 2.75) is 37.9 Å². The second-order valence-electron chi connectivity index (χ2n) is 6.99. The molecule has 1 aromatic heterocycles. The van der Waals surface area contributed by atoms with Gasteiger partial charge in [-0.05, 0) is 31.2 Å². The minimum absolute atomic E-state index is 0.0390. The van der Waals surface area contributed by atoms with Crippen molar-refractivity contribution >= 4 is 17.6 Å². The van der Waals surface area contributed by atoms with Gasteiger partial charge in [0, 0.05) is 18.4 Å². The molecule has 10 heteroatoms. The van der Waals surface area contributed by atoms with Gasteiger partial charge in [0.25, 0.3) is 0 Å². The molecule has 0 radical (unpaired) electrons. The SMILES string of the molecule is COCc1cn(C2COC3C(OC(=O)Nc4ccc(C(C)=O)cc4)COC32)nn1. The number of carbonyl (C=O) groups is 2. The van der Waals surface area contributed by atoms with Gasteiger partial charge in [0.1, 0.15) is 23.9 Å². The molecule has 4 atom stereocenters. The summed E-state index contributed by atoms with van der Waals surface area (Å²) in [6, 6.07) is 6.45. The van der Waals surface area contributed by atoms with Crippen LogP contribution in [0.4, 0.5) is 10.5 Å². The van der Waals surface area contributed by atoms with Crippen molar-refractivity contribution in [3.63, 3.8) is 0 Å². The Kier molecular flexibility index (Phi) is 5.56. The maximum absolute atomic E-state index is 12.2. The average molecular weight is 402 g/mol. The third-order valence-corrected chi connectivity index (χ3v) is 4.97. The van der Waals surface area contributed by atoms with Gasteiger partial charge in [-0.1, -0.05) is 5.21 Å². The fourth-order valence-electron chi connectivity index (χ4n) is 3.53. The van der Waals surface area contributed by atoms with Crippen molar-refractivity contribution in [3.05, 3.63) is 41.7 Å². The lowest BCUT2D eigenvalue weighted by Crippen LogP contribution is -2.34. The molecule has 1 amide bonds. The van der Waals surface area contributed by atoms with Crippen LogP contribution in [-0.4, -0.2) is 65.5 Å². The Labute approximate surface area is 167 Å². The van der Waals surface area contributed by atoms with E-state index in [1.54, 1.807) is 42.3 Å². The van der Waals surface area contributed by atoms with Crippen LogP contribution in [-0.2, 0) is 25.6 Å². The number of aromatic nitrogens is 3. The second-order valence-corrected chi connectivity index (χ2v) is 6.99. The van der Waals surface area contributed by atoms with Gasteiger partial charge in [0.15, 0.2) is 11.9 Å². The first-order valence-electron chi connectivity index (χ1n) is 9.26. The average Bonchev–Trinajstić information content (AvgIpc) is 3.40. The highest BCUT2D eigenvalue weighted by molar-refractivity contribution is 5.94. The first kappa shape index (κ1) is 19.5. The predicted octanol–water partition coefficient (Wildman–Crippen LogP) is 1.58. The number of benzene rings is 1. The molecular formula is C19H22N4O6. The molecule has 2 aliphatic heterocycles. The summed E-state index contributed by atoms with van der Waals surface area (Å²) in [7, 11) is 1.60. The number of fused-ring (bicyclic) bond motifs is 1. The molecule has 2 aliphatic rings. The van der Waals surface area contributed by atoms with Gasteiger partial charge < -0.3 is 18.9 Å². The largest absolute Gasteiger partial charge is 0.441 e. The molecule has 1 N–H and O–H groups in total. The molecule has 0 saturated carbocycles. The van der Waals surface area contributed by atoms with E-state index in [-0.39, 0.29) is 30.6 Å². The van der Waals surface area contributed by atoms with Crippen molar-refractivity contribution in [2.24, 2.45) is 0 Å². The Balaban J connectivity index is 1.34. The van der Waals surface area contributed by atoms with Gasteiger partial charge >= 0.3 is 6.09 Å². The van der Waals surface area contributed by atoms with Crippen LogP contribution >= 0.6 is 0 Å². The molecule has 154 valence electrons. The minimum atomic E-state index is -0.606. The minimum Gasteiger partial charge on any atom is -0.441 e. The van der Waals surface area contributed by atoms with Crippen molar-refractivity contribution < 1.29 is 28.5 Å². The summed E-state index contributed by atoms with van der Waals surface area (Å²) in [5, 5.41) is 10.8. The third-order valence-electron chi connectivity index (χ3n) is 4.97. The zero-order chi connectivity index (χ0) is 20.4. The molecule has 0 aliphatic carbocycles. The first-order chi connectivity index (χ1) is 14.0. The maximum atomic E-state index is 12.2. The number of amides is 1. The van der Waals surface area contributed by atoms with Crippen molar-refractivity contribution in [2.75, 3.05) is 25.6 Å². The Hall–Kier alpha value is -2.82. The van der Waals surface area contributed by atoms with Crippen LogP contribution in [0, 0.1) is 0 Å². The van der Waals surface area contributed by atoms with E-state index >= 15 is 0 Å². The summed E-state index contributed by atoms with van der Waals surface area (Å²) in [6.45, 7) is 2.49. The highest BCUT2D eigenvalue weighted by Gasteiger charge is 2.50. The lowest BCUT2D eigenvalue weighted by atomic mass is 10.1. The van der Waals surface area contributed by atoms with Gasteiger partial charge in [-0.2, -0.15) is 0 Å². The van der Waals surface area contributed by atoms with E-state index in [0.29, 0.717) is 24.5 Å². The summed E-state index contributed by atoms with van der Waals surface area (Å²) in [6.07, 6.45) is 0.0172. The fraction of sp³-hybridized carbons (Fsp3) is 0.474. The van der Waals surface area contributed by atoms with E-state index in [4.69, 9.17) is 18.9 Å². The number of carbonyl (C=O) groups excluding carboxylic acids is 2. The van der Waals surface area contributed by atoms with E-state index in [2.05, 4.69) is 15.6 Å². The lowest BCUT2D eigenvalue weighted by Gasteiger charge is -2.17. The van der Waals surface area contributed by atoms with Crippen molar-refractivity contribution in [3.8, 4) is 0 Å². The quantitative estimate of drug-likeness (QED) is 0.725. The number of methoxy groups -OCH3 is 1. The lowest BCUT2D eigenvalue weighted by molar-refractivity contribution is 0.00770. The van der Waals surface area contributed by atoms with Crippen LogP contribution in [0.15, 0.2) is 30.5 Å². The predicted molar refractivity (Wildman–Crippen MR) is 99.6 cm³/mol. The highest BCUT2D eigenvalue weighted by atomic mass is 16.6. The number of rotatable bonds is 6. The molecule has 4 rings (SSSR count). The summed E-state index contributed by atoms with van der Waals surface area (Å²) in [5.41, 5.74) is 1.83. The van der Waals surface area contributed by atoms with Gasteiger partial charge in [-0.3, -0.25) is 10.1 Å². The van der Waals surface area contributed by atoms with Gasteiger partial charge in [0.05, 0.1) is 26.0 Å². The molecular weight excluding hydrogens is 380 g/mol. The number of nitrogens with one attached hydrogen (secondary N) is 1. The third kappa shape index (κ3) is 4.14. The smallest absolute Gasteiger partial charge is 0.412 e. The number of hydrogen-bond donors (Lipinski definition) is 1. The Morgan fingerprint density at radius 2 is 1.97 bits per heavy atom. The molecule has 3 heterocycles. The second kappa shape index (κ2) is 8.27. The van der Waals surface area contributed by atoms with Crippen LogP contribution in [0.1, 0.15) is 29.0 Å². The Bertz CT molecular complexity index is 883. The van der Waals surface area contributed by atoms with E-state index in [9.17, 15) is 9.59 Å². The normalized spacial score (nSPS) is 25.6. The molecule has 1 aromatic carbocycles. The van der Waals surface area contributed by atoms with Crippen LogP contribution in [0.25, 0.3) is 0 Å². The van der Waals surface area contributed by atoms with Crippen LogP contribution < -0.4 is 5.32 Å². The van der Waals surface area contributed by atoms with E-state index in [0.717, 1.165) is 5.69 Å². The Morgan fingerprint density at radius 3 is 2.69 bits per heavy atom. The highest BCUT2D eigenvalue weighted by Crippen LogP contribution is 2.35. The number of hydrogen-bond acceptors (Lipinski definition) is 8. The van der Waals surface area contributed by atoms with Crippen LogP contribution in [0.5, 0.6) is 0 Å². The monoisotopic (exact) mass is 402 g/mol. The number of anilines is 1. The topological polar surface area (TPSA) is 114 Å². The van der Waals surface area contributed by atoms with Gasteiger partial charge in [-0.25, -0.2) is 9.48 Å². The number of nitrogens with zero attached hydrogens (tertiary/aromatic N) is 3. The zero-order valence-electron chi connectivity index (χ0n) is 16.1. The van der Waals surface area contributed by atoms with E-state index in [1.807, 2.05) is 0 Å².